The Kier molecular flexibility index (Phi) is 3.32. The van der Waals surface area contributed by atoms with Crippen molar-refractivity contribution in [1.29, 1.82) is 0 Å². The second-order valence-electron chi connectivity index (χ2n) is 4.55. The molecule has 1 aromatic rings. The van der Waals surface area contributed by atoms with E-state index in [1.807, 2.05) is 7.05 Å². The second kappa shape index (κ2) is 4.74. The van der Waals surface area contributed by atoms with Crippen LogP contribution in [0.1, 0.15) is 31.9 Å². The van der Waals surface area contributed by atoms with Gasteiger partial charge in [-0.15, -0.1) is 0 Å². The quantitative estimate of drug-likeness (QED) is 0.842. The van der Waals surface area contributed by atoms with Crippen LogP contribution in [0.5, 0.6) is 0 Å². The number of nitrogens with zero attached hydrogens (tertiary/aromatic N) is 1. The highest BCUT2D eigenvalue weighted by Gasteiger charge is 2.16. The number of benzene rings is 1. The van der Waals surface area contributed by atoms with E-state index in [1.165, 1.54) is 28.1 Å². The Labute approximate surface area is 103 Å². The van der Waals surface area contributed by atoms with Gasteiger partial charge in [-0.3, -0.25) is 4.99 Å². The number of fused-ring (bicyclic) bond motifs is 1. The lowest BCUT2D eigenvalue weighted by Crippen LogP contribution is -2.10. The fraction of sp³-hybridized carbons (Fsp3) is 0.400. The summed E-state index contributed by atoms with van der Waals surface area (Å²) in [7, 11) is 1.96. The fourth-order valence-electron chi connectivity index (χ4n) is 2.07. The van der Waals surface area contributed by atoms with E-state index in [0.29, 0.717) is 0 Å². The lowest BCUT2D eigenvalue weighted by molar-refractivity contribution is 0.972. The van der Waals surface area contributed by atoms with Crippen LogP contribution in [0.2, 0.25) is 0 Å². The van der Waals surface area contributed by atoms with Crippen LogP contribution in [0.4, 0.5) is 5.69 Å². The minimum absolute atomic E-state index is 0.962. The van der Waals surface area contributed by atoms with Gasteiger partial charge in [-0.05, 0) is 43.0 Å². The van der Waals surface area contributed by atoms with Crippen LogP contribution >= 0.6 is 0 Å². The molecule has 0 aliphatic carbocycles. The minimum Gasteiger partial charge on any atom is -0.391 e. The Morgan fingerprint density at radius 2 is 2.12 bits per heavy atom. The Bertz CT molecular complexity index is 496. The standard InChI is InChI=1S/C15H20N2/c1-5-12-6-7-13-9-14(17-15(13)8-12)10(2)11(3)16-4/h6-8,16H,5,9H2,1-4H3/b11-10-. The third-order valence-corrected chi connectivity index (χ3v) is 3.54. The monoisotopic (exact) mass is 228 g/mol. The van der Waals surface area contributed by atoms with Crippen molar-refractivity contribution in [2.45, 2.75) is 33.6 Å². The van der Waals surface area contributed by atoms with E-state index in [1.54, 1.807) is 0 Å². The number of nitrogens with one attached hydrogen (secondary N) is 1. The number of hydrogen-bond acceptors (Lipinski definition) is 2. The third kappa shape index (κ3) is 2.26. The molecule has 0 saturated carbocycles. The van der Waals surface area contributed by atoms with Gasteiger partial charge in [0.05, 0.1) is 11.4 Å². The Balaban J connectivity index is 2.34. The van der Waals surface area contributed by atoms with Gasteiger partial charge in [-0.25, -0.2) is 0 Å². The smallest absolute Gasteiger partial charge is 0.0671 e. The summed E-state index contributed by atoms with van der Waals surface area (Å²) in [6, 6.07) is 6.64. The van der Waals surface area contributed by atoms with E-state index in [4.69, 9.17) is 4.99 Å². The summed E-state index contributed by atoms with van der Waals surface area (Å²) in [5, 5.41) is 3.19. The SMILES string of the molecule is CCc1ccc2c(c1)N=C(/C(C)=C(/C)NC)C2. The van der Waals surface area contributed by atoms with Crippen molar-refractivity contribution in [1.82, 2.24) is 5.32 Å². The summed E-state index contributed by atoms with van der Waals surface area (Å²) < 4.78 is 0. The van der Waals surface area contributed by atoms with E-state index in [0.717, 1.165) is 18.5 Å². The minimum atomic E-state index is 0.962. The lowest BCUT2D eigenvalue weighted by atomic mass is 10.0. The van der Waals surface area contributed by atoms with Crippen molar-refractivity contribution in [3.63, 3.8) is 0 Å². The summed E-state index contributed by atoms with van der Waals surface area (Å²) in [6.07, 6.45) is 2.03. The largest absolute Gasteiger partial charge is 0.391 e. The van der Waals surface area contributed by atoms with Gasteiger partial charge in [0.25, 0.3) is 0 Å². The molecule has 1 aliphatic rings. The maximum Gasteiger partial charge on any atom is 0.0671 e. The first-order chi connectivity index (χ1) is 8.15. The zero-order valence-corrected chi connectivity index (χ0v) is 11.1. The van der Waals surface area contributed by atoms with Crippen LogP contribution in [0.25, 0.3) is 0 Å². The first-order valence-corrected chi connectivity index (χ1v) is 6.20. The molecule has 0 atom stereocenters. The number of aryl methyl sites for hydroxylation is 1. The van der Waals surface area contributed by atoms with Crippen LogP contribution in [0, 0.1) is 0 Å². The zero-order chi connectivity index (χ0) is 12.4. The van der Waals surface area contributed by atoms with Gasteiger partial charge in [0.15, 0.2) is 0 Å². The van der Waals surface area contributed by atoms with Gasteiger partial charge < -0.3 is 5.32 Å². The van der Waals surface area contributed by atoms with Crippen LogP contribution in [0.3, 0.4) is 0 Å². The molecule has 1 aliphatic heterocycles. The molecule has 1 N–H and O–H groups in total. The molecule has 2 heteroatoms. The van der Waals surface area contributed by atoms with Crippen LogP contribution < -0.4 is 5.32 Å². The lowest BCUT2D eigenvalue weighted by Gasteiger charge is -2.06. The molecule has 0 amide bonds. The van der Waals surface area contributed by atoms with Crippen LogP contribution in [-0.2, 0) is 12.8 Å². The van der Waals surface area contributed by atoms with Gasteiger partial charge in [0.1, 0.15) is 0 Å². The Morgan fingerprint density at radius 1 is 1.35 bits per heavy atom. The predicted molar refractivity (Wildman–Crippen MR) is 74.1 cm³/mol. The molecule has 0 fully saturated rings. The molecule has 1 heterocycles. The highest BCUT2D eigenvalue weighted by molar-refractivity contribution is 6.06. The van der Waals surface area contributed by atoms with Crippen molar-refractivity contribution in [3.05, 3.63) is 40.6 Å². The highest BCUT2D eigenvalue weighted by Crippen LogP contribution is 2.30. The van der Waals surface area contributed by atoms with E-state index in [-0.39, 0.29) is 0 Å². The van der Waals surface area contributed by atoms with Crippen LogP contribution in [0.15, 0.2) is 34.5 Å². The molecular weight excluding hydrogens is 208 g/mol. The topological polar surface area (TPSA) is 24.4 Å². The summed E-state index contributed by atoms with van der Waals surface area (Å²) in [5.74, 6) is 0. The van der Waals surface area contributed by atoms with Crippen molar-refractivity contribution >= 4 is 11.4 Å². The predicted octanol–water partition coefficient (Wildman–Crippen LogP) is 3.39. The molecule has 0 saturated heterocycles. The molecule has 0 bridgehead atoms. The van der Waals surface area contributed by atoms with E-state index in [9.17, 15) is 0 Å². The van der Waals surface area contributed by atoms with E-state index < -0.39 is 0 Å². The molecule has 0 spiro atoms. The normalized spacial score (nSPS) is 15.2. The van der Waals surface area contributed by atoms with E-state index >= 15 is 0 Å². The molecule has 0 aromatic heterocycles. The van der Waals surface area contributed by atoms with Gasteiger partial charge in [-0.2, -0.15) is 0 Å². The van der Waals surface area contributed by atoms with Crippen molar-refractivity contribution in [3.8, 4) is 0 Å². The summed E-state index contributed by atoms with van der Waals surface area (Å²) >= 11 is 0. The molecule has 2 nitrogen and oxygen atoms in total. The highest BCUT2D eigenvalue weighted by atomic mass is 14.8. The van der Waals surface area contributed by atoms with Gasteiger partial charge >= 0.3 is 0 Å². The zero-order valence-electron chi connectivity index (χ0n) is 11.1. The van der Waals surface area contributed by atoms with Crippen molar-refractivity contribution < 1.29 is 0 Å². The van der Waals surface area contributed by atoms with Gasteiger partial charge in [0.2, 0.25) is 0 Å². The Morgan fingerprint density at radius 3 is 2.76 bits per heavy atom. The number of hydrogen-bond donors (Lipinski definition) is 1. The average Bonchev–Trinajstić information content (AvgIpc) is 2.79. The number of allylic oxidation sites excluding steroid dienone is 2. The Hall–Kier alpha value is -1.57. The molecule has 17 heavy (non-hydrogen) atoms. The summed E-state index contributed by atoms with van der Waals surface area (Å²) in [5.41, 5.74) is 7.53. The molecule has 90 valence electrons. The van der Waals surface area contributed by atoms with E-state index in [2.05, 4.69) is 44.3 Å². The fourth-order valence-corrected chi connectivity index (χ4v) is 2.07. The number of aliphatic imine (C=N–C) groups is 1. The number of rotatable bonds is 3. The second-order valence-corrected chi connectivity index (χ2v) is 4.55. The van der Waals surface area contributed by atoms with Crippen LogP contribution in [-0.4, -0.2) is 12.8 Å². The molecule has 1 aromatic carbocycles. The average molecular weight is 228 g/mol. The summed E-state index contributed by atoms with van der Waals surface area (Å²) in [4.78, 5) is 4.75. The molecule has 2 rings (SSSR count). The van der Waals surface area contributed by atoms with Crippen molar-refractivity contribution in [2.75, 3.05) is 7.05 Å². The maximum atomic E-state index is 4.75. The maximum absolute atomic E-state index is 4.75. The first kappa shape index (κ1) is 11.9. The first-order valence-electron chi connectivity index (χ1n) is 6.20. The third-order valence-electron chi connectivity index (χ3n) is 3.54. The van der Waals surface area contributed by atoms with Gasteiger partial charge in [-0.1, -0.05) is 19.1 Å². The molecule has 0 radical (unpaired) electrons. The molecular formula is C15H20N2. The van der Waals surface area contributed by atoms with Gasteiger partial charge in [0, 0.05) is 19.2 Å². The van der Waals surface area contributed by atoms with Crippen molar-refractivity contribution in [2.24, 2.45) is 4.99 Å². The molecule has 0 unspecified atom stereocenters. The summed E-state index contributed by atoms with van der Waals surface area (Å²) in [6.45, 7) is 6.41.